The third-order valence-electron chi connectivity index (χ3n) is 17.5. The Morgan fingerprint density at radius 2 is 1.08 bits per heavy atom. The van der Waals surface area contributed by atoms with Crippen LogP contribution in [0.2, 0.25) is 0 Å². The van der Waals surface area contributed by atoms with Crippen molar-refractivity contribution in [2.24, 2.45) is 0 Å². The highest BCUT2D eigenvalue weighted by molar-refractivity contribution is 6.93. The summed E-state index contributed by atoms with van der Waals surface area (Å²) in [5.74, 6) is 0. The van der Waals surface area contributed by atoms with Crippen LogP contribution in [-0.4, -0.2) is 6.85 Å². The largest absolute Gasteiger partial charge is 0.376 e. The standard InChI is InChI=1S/C63H65BN2/c1-38-32-45-56-52(27-24-44-43-20-16-17-21-46(43)63(11,12)57(44)56)66(42-23-25-47-49(36-42)61(7,8)29-28-59(47,3)4)64-51-26-22-41(40-18-14-13-15-19-40)35-54(51)65(55(33-38)58(45)64)53-37-50-48(34-39(53)2)60(5,6)30-31-62(50,9)10/h13-27,32-37H,28-31H2,1-12H3. The molecular formula is C63H65BN2. The number of hydrogen-bond acceptors (Lipinski definition) is 2. The minimum atomic E-state index is -0.196. The summed E-state index contributed by atoms with van der Waals surface area (Å²) in [6, 6.07) is 50.3. The summed E-state index contributed by atoms with van der Waals surface area (Å²) in [7, 11) is 0. The van der Waals surface area contributed by atoms with Crippen LogP contribution in [0.5, 0.6) is 0 Å². The van der Waals surface area contributed by atoms with Gasteiger partial charge in [-0.3, -0.25) is 0 Å². The van der Waals surface area contributed by atoms with Crippen molar-refractivity contribution < 1.29 is 0 Å². The van der Waals surface area contributed by atoms with Gasteiger partial charge in [0.15, 0.2) is 0 Å². The zero-order chi connectivity index (χ0) is 46.0. The number of hydrogen-bond donors (Lipinski definition) is 0. The van der Waals surface area contributed by atoms with E-state index in [0.717, 1.165) is 0 Å². The average Bonchev–Trinajstić information content (AvgIpc) is 3.52. The smallest absolute Gasteiger partial charge is 0.333 e. The van der Waals surface area contributed by atoms with Gasteiger partial charge < -0.3 is 9.71 Å². The van der Waals surface area contributed by atoms with Crippen molar-refractivity contribution in [3.05, 3.63) is 172 Å². The van der Waals surface area contributed by atoms with Gasteiger partial charge in [-0.25, -0.2) is 0 Å². The van der Waals surface area contributed by atoms with E-state index in [2.05, 4.69) is 220 Å². The van der Waals surface area contributed by atoms with Crippen LogP contribution < -0.4 is 20.6 Å². The summed E-state index contributed by atoms with van der Waals surface area (Å²) < 4.78 is 0. The van der Waals surface area contributed by atoms with Crippen LogP contribution in [0.4, 0.5) is 28.4 Å². The summed E-state index contributed by atoms with van der Waals surface area (Å²) >= 11 is 0. The maximum absolute atomic E-state index is 2.78. The second-order valence-corrected chi connectivity index (χ2v) is 24.0. The van der Waals surface area contributed by atoms with Gasteiger partial charge in [0.1, 0.15) is 0 Å². The van der Waals surface area contributed by atoms with Crippen molar-refractivity contribution in [2.45, 2.75) is 136 Å². The highest BCUT2D eigenvalue weighted by Gasteiger charge is 2.50. The predicted octanol–water partition coefficient (Wildman–Crippen LogP) is 15.7. The number of aryl methyl sites for hydroxylation is 2. The van der Waals surface area contributed by atoms with Crippen molar-refractivity contribution in [3.8, 4) is 33.4 Å². The average molecular weight is 861 g/mol. The van der Waals surface area contributed by atoms with E-state index in [4.69, 9.17) is 0 Å². The third-order valence-corrected chi connectivity index (χ3v) is 17.5. The first-order valence-corrected chi connectivity index (χ1v) is 24.8. The summed E-state index contributed by atoms with van der Waals surface area (Å²) in [4.78, 5) is 5.47. The molecule has 66 heavy (non-hydrogen) atoms. The van der Waals surface area contributed by atoms with Gasteiger partial charge >= 0.3 is 6.85 Å². The van der Waals surface area contributed by atoms with E-state index in [-0.39, 0.29) is 33.9 Å². The summed E-state index contributed by atoms with van der Waals surface area (Å²) in [6.45, 7) is 29.3. The van der Waals surface area contributed by atoms with Gasteiger partial charge in [-0.1, -0.05) is 160 Å². The Hall–Kier alpha value is -5.80. The molecule has 0 spiro atoms. The molecule has 7 aromatic rings. The number of fused-ring (bicyclic) bond motifs is 10. The van der Waals surface area contributed by atoms with E-state index in [1.165, 1.54) is 143 Å². The monoisotopic (exact) mass is 861 g/mol. The molecule has 2 nitrogen and oxygen atoms in total. The SMILES string of the molecule is Cc1cc2c3c(c1)N(c1cc4c(cc1C)C(C)(C)CCC4(C)C)c1cc(-c4ccccc4)ccc1B3N(c1ccc3c(c1)C(C)(C)CCC3(C)C)c1ccc3c(c1-2)C(C)(C)c1ccccc1-3. The van der Waals surface area contributed by atoms with Crippen LogP contribution >= 0.6 is 0 Å². The number of benzene rings is 7. The Morgan fingerprint density at radius 3 is 1.79 bits per heavy atom. The van der Waals surface area contributed by atoms with Crippen LogP contribution in [0.3, 0.4) is 0 Å². The van der Waals surface area contributed by atoms with E-state index in [0.29, 0.717) is 0 Å². The molecule has 3 heteroatoms. The third kappa shape index (κ3) is 5.74. The van der Waals surface area contributed by atoms with Gasteiger partial charge in [-0.05, 0) is 181 Å². The molecular weight excluding hydrogens is 796 g/mol. The van der Waals surface area contributed by atoms with Gasteiger partial charge in [0.05, 0.1) is 0 Å². The Kier molecular flexibility index (Phi) is 8.61. The Labute approximate surface area is 395 Å². The summed E-state index contributed by atoms with van der Waals surface area (Å²) in [5, 5.41) is 0. The molecule has 0 amide bonds. The van der Waals surface area contributed by atoms with Crippen molar-refractivity contribution in [3.63, 3.8) is 0 Å². The molecule has 0 N–H and O–H groups in total. The van der Waals surface area contributed by atoms with E-state index < -0.39 is 0 Å². The molecule has 0 radical (unpaired) electrons. The van der Waals surface area contributed by atoms with Gasteiger partial charge in [-0.15, -0.1) is 0 Å². The molecule has 0 aromatic heterocycles. The van der Waals surface area contributed by atoms with Gasteiger partial charge in [-0.2, -0.15) is 0 Å². The molecule has 12 rings (SSSR count). The van der Waals surface area contributed by atoms with Gasteiger partial charge in [0, 0.05) is 39.4 Å². The fraction of sp³-hybridized carbons (Fsp3) is 0.333. The lowest BCUT2D eigenvalue weighted by Crippen LogP contribution is -2.62. The second-order valence-electron chi connectivity index (χ2n) is 24.0. The molecule has 330 valence electrons. The Bertz CT molecular complexity index is 3220. The van der Waals surface area contributed by atoms with Crippen molar-refractivity contribution in [2.75, 3.05) is 9.71 Å². The highest BCUT2D eigenvalue weighted by Crippen LogP contribution is 2.59. The quantitative estimate of drug-likeness (QED) is 0.163. The van der Waals surface area contributed by atoms with Crippen molar-refractivity contribution in [1.82, 2.24) is 0 Å². The summed E-state index contributed by atoms with van der Waals surface area (Å²) in [6.07, 6.45) is 4.75. The lowest BCUT2D eigenvalue weighted by Gasteiger charge is -2.48. The number of rotatable bonds is 3. The highest BCUT2D eigenvalue weighted by atomic mass is 15.2. The molecule has 0 bridgehead atoms. The maximum Gasteiger partial charge on any atom is 0.333 e. The molecule has 2 heterocycles. The molecule has 0 atom stereocenters. The summed E-state index contributed by atoms with van der Waals surface area (Å²) in [5.41, 5.74) is 28.8. The minimum Gasteiger partial charge on any atom is -0.376 e. The lowest BCUT2D eigenvalue weighted by atomic mass is 9.43. The first-order chi connectivity index (χ1) is 31.3. The molecule has 0 unspecified atom stereocenters. The van der Waals surface area contributed by atoms with Crippen LogP contribution in [0.15, 0.2) is 127 Å². The van der Waals surface area contributed by atoms with Crippen LogP contribution in [0.25, 0.3) is 33.4 Å². The maximum atomic E-state index is 2.78. The first kappa shape index (κ1) is 41.6. The topological polar surface area (TPSA) is 6.48 Å². The number of anilines is 5. The molecule has 0 fully saturated rings. The van der Waals surface area contributed by atoms with E-state index in [1.807, 2.05) is 0 Å². The lowest BCUT2D eigenvalue weighted by molar-refractivity contribution is 0.332. The molecule has 0 saturated heterocycles. The molecule has 2 aliphatic heterocycles. The molecule has 5 aliphatic rings. The predicted molar refractivity (Wildman–Crippen MR) is 283 cm³/mol. The molecule has 0 saturated carbocycles. The van der Waals surface area contributed by atoms with Crippen LogP contribution in [-0.2, 0) is 27.1 Å². The fourth-order valence-corrected chi connectivity index (χ4v) is 13.5. The fourth-order valence-electron chi connectivity index (χ4n) is 13.5. The molecule has 3 aliphatic carbocycles. The van der Waals surface area contributed by atoms with Crippen LogP contribution in [0.1, 0.15) is 139 Å². The normalized spacial score (nSPS) is 19.2. The van der Waals surface area contributed by atoms with E-state index >= 15 is 0 Å². The molecule has 7 aromatic carbocycles. The zero-order valence-electron chi connectivity index (χ0n) is 41.4. The Morgan fingerprint density at radius 1 is 0.439 bits per heavy atom. The second kappa shape index (κ2) is 13.7. The van der Waals surface area contributed by atoms with Crippen molar-refractivity contribution >= 4 is 46.2 Å². The first-order valence-electron chi connectivity index (χ1n) is 24.8. The van der Waals surface area contributed by atoms with E-state index in [9.17, 15) is 0 Å². The Balaban J connectivity index is 1.21. The van der Waals surface area contributed by atoms with Gasteiger partial charge in [0.2, 0.25) is 0 Å². The van der Waals surface area contributed by atoms with E-state index in [1.54, 1.807) is 0 Å². The number of nitrogens with zero attached hydrogens (tertiary/aromatic N) is 2. The van der Waals surface area contributed by atoms with Crippen molar-refractivity contribution in [1.29, 1.82) is 0 Å². The van der Waals surface area contributed by atoms with Crippen LogP contribution in [0, 0.1) is 13.8 Å². The minimum absolute atomic E-state index is 0.0600. The zero-order valence-corrected chi connectivity index (χ0v) is 41.4. The van der Waals surface area contributed by atoms with Gasteiger partial charge in [0.25, 0.3) is 0 Å².